The molecule has 4 heteroatoms. The fraction of sp³-hybridized carbons (Fsp3) is 0.364. The smallest absolute Gasteiger partial charge is 0.309 e. The molecule has 82 valence electrons. The number of halogens is 1. The summed E-state index contributed by atoms with van der Waals surface area (Å²) < 4.78 is 14.2. The van der Waals surface area contributed by atoms with Crippen molar-refractivity contribution in [3.63, 3.8) is 0 Å². The highest BCUT2D eigenvalue weighted by molar-refractivity contribution is 5.71. The Morgan fingerprint density at radius 2 is 2.00 bits per heavy atom. The van der Waals surface area contributed by atoms with Crippen LogP contribution in [0.1, 0.15) is 19.4 Å². The van der Waals surface area contributed by atoms with Crippen LogP contribution < -0.4 is 0 Å². The van der Waals surface area contributed by atoms with Crippen LogP contribution in [0.4, 0.5) is 4.39 Å². The zero-order valence-electron chi connectivity index (χ0n) is 8.57. The van der Waals surface area contributed by atoms with E-state index >= 15 is 0 Å². The molecule has 0 radical (unpaired) electrons. The second kappa shape index (κ2) is 3.88. The Hall–Kier alpha value is -1.58. The van der Waals surface area contributed by atoms with Gasteiger partial charge in [-0.3, -0.25) is 4.79 Å². The molecule has 0 saturated heterocycles. The molecule has 1 rings (SSSR count). The molecule has 0 aliphatic carbocycles. The number of phenolic OH excluding ortho intramolecular Hbond substituents is 1. The molecule has 2 N–H and O–H groups in total. The van der Waals surface area contributed by atoms with Crippen molar-refractivity contribution in [2.45, 2.75) is 19.5 Å². The lowest BCUT2D eigenvalue weighted by Gasteiger charge is -2.25. The van der Waals surface area contributed by atoms with Crippen LogP contribution in [0.5, 0.6) is 5.75 Å². The Morgan fingerprint density at radius 1 is 1.47 bits per heavy atom. The van der Waals surface area contributed by atoms with E-state index in [1.54, 1.807) is 12.1 Å². The summed E-state index contributed by atoms with van der Waals surface area (Å²) in [7, 11) is 0. The van der Waals surface area contributed by atoms with Gasteiger partial charge in [-0.15, -0.1) is 0 Å². The molecule has 0 aliphatic heterocycles. The molecule has 0 saturated carbocycles. The molecule has 2 unspecified atom stereocenters. The van der Waals surface area contributed by atoms with E-state index in [1.165, 1.54) is 19.1 Å². The van der Waals surface area contributed by atoms with Crippen molar-refractivity contribution in [3.05, 3.63) is 29.8 Å². The molecule has 0 spiro atoms. The minimum atomic E-state index is -2.09. The predicted molar refractivity (Wildman–Crippen MR) is 53.4 cm³/mol. The van der Waals surface area contributed by atoms with Gasteiger partial charge in [0.15, 0.2) is 0 Å². The molecule has 0 heterocycles. The Kier molecular flexibility index (Phi) is 2.98. The molecule has 0 amide bonds. The predicted octanol–water partition coefficient (Wildman–Crippen LogP) is 2.30. The summed E-state index contributed by atoms with van der Waals surface area (Å²) in [6.07, 6.45) is 0. The molecule has 15 heavy (non-hydrogen) atoms. The van der Waals surface area contributed by atoms with Crippen molar-refractivity contribution in [3.8, 4) is 5.75 Å². The lowest BCUT2D eigenvalue weighted by molar-refractivity contribution is -0.146. The molecule has 0 aromatic heterocycles. The highest BCUT2D eigenvalue weighted by Crippen LogP contribution is 2.38. The van der Waals surface area contributed by atoms with Crippen LogP contribution in [-0.2, 0) is 10.5 Å². The first kappa shape index (κ1) is 11.5. The van der Waals surface area contributed by atoms with Gasteiger partial charge in [0.25, 0.3) is 0 Å². The van der Waals surface area contributed by atoms with Gasteiger partial charge >= 0.3 is 5.97 Å². The average Bonchev–Trinajstić information content (AvgIpc) is 2.16. The summed E-state index contributed by atoms with van der Waals surface area (Å²) in [6.45, 7) is 2.43. The average molecular weight is 212 g/mol. The first-order valence-electron chi connectivity index (χ1n) is 4.57. The Bertz CT molecular complexity index is 374. The van der Waals surface area contributed by atoms with Gasteiger partial charge in [0.05, 0.1) is 5.92 Å². The van der Waals surface area contributed by atoms with Crippen molar-refractivity contribution < 1.29 is 19.4 Å². The maximum atomic E-state index is 14.2. The normalized spacial score (nSPS) is 16.7. The van der Waals surface area contributed by atoms with Gasteiger partial charge < -0.3 is 10.2 Å². The number of benzene rings is 1. The minimum Gasteiger partial charge on any atom is -0.508 e. The fourth-order valence-electron chi connectivity index (χ4n) is 1.35. The maximum Gasteiger partial charge on any atom is 0.309 e. The van der Waals surface area contributed by atoms with E-state index in [4.69, 9.17) is 5.11 Å². The van der Waals surface area contributed by atoms with Crippen LogP contribution in [0.2, 0.25) is 0 Å². The van der Waals surface area contributed by atoms with Crippen molar-refractivity contribution in [2.24, 2.45) is 5.92 Å². The first-order chi connectivity index (χ1) is 6.87. The third-order valence-corrected chi connectivity index (χ3v) is 2.61. The monoisotopic (exact) mass is 212 g/mol. The lowest BCUT2D eigenvalue weighted by atomic mass is 9.85. The molecule has 2 atom stereocenters. The van der Waals surface area contributed by atoms with E-state index in [-0.39, 0.29) is 11.3 Å². The zero-order valence-corrected chi connectivity index (χ0v) is 8.57. The largest absolute Gasteiger partial charge is 0.508 e. The maximum absolute atomic E-state index is 14.2. The van der Waals surface area contributed by atoms with Gasteiger partial charge in [0, 0.05) is 5.56 Å². The van der Waals surface area contributed by atoms with Gasteiger partial charge in [-0.05, 0) is 19.9 Å². The third kappa shape index (κ3) is 2.09. The second-order valence-corrected chi connectivity index (χ2v) is 3.65. The van der Waals surface area contributed by atoms with Gasteiger partial charge in [-0.2, -0.15) is 0 Å². The third-order valence-electron chi connectivity index (χ3n) is 2.61. The second-order valence-electron chi connectivity index (χ2n) is 3.65. The number of aromatic hydroxyl groups is 1. The Balaban J connectivity index is 3.16. The highest BCUT2D eigenvalue weighted by atomic mass is 19.1. The van der Waals surface area contributed by atoms with E-state index in [0.29, 0.717) is 0 Å². The summed E-state index contributed by atoms with van der Waals surface area (Å²) >= 11 is 0. The number of rotatable bonds is 3. The summed E-state index contributed by atoms with van der Waals surface area (Å²) in [5, 5.41) is 18.2. The van der Waals surface area contributed by atoms with Crippen molar-refractivity contribution in [2.75, 3.05) is 0 Å². The molecular weight excluding hydrogens is 199 g/mol. The first-order valence-corrected chi connectivity index (χ1v) is 4.57. The summed E-state index contributed by atoms with van der Waals surface area (Å²) in [5.74, 6) is -2.68. The van der Waals surface area contributed by atoms with Crippen molar-refractivity contribution in [1.29, 1.82) is 0 Å². The van der Waals surface area contributed by atoms with Crippen LogP contribution in [0, 0.1) is 5.92 Å². The standard InChI is InChI=1S/C11H13FO3/c1-7(10(14)15)11(2,12)8-5-3-4-6-9(8)13/h3-7,13H,1-2H3,(H,14,15). The number of para-hydroxylation sites is 1. The fourth-order valence-corrected chi connectivity index (χ4v) is 1.35. The van der Waals surface area contributed by atoms with Crippen LogP contribution >= 0.6 is 0 Å². The van der Waals surface area contributed by atoms with Gasteiger partial charge in [-0.25, -0.2) is 4.39 Å². The van der Waals surface area contributed by atoms with Crippen LogP contribution in [0.15, 0.2) is 24.3 Å². The number of hydrogen-bond acceptors (Lipinski definition) is 2. The number of phenols is 1. The van der Waals surface area contributed by atoms with Gasteiger partial charge in [0.1, 0.15) is 11.4 Å². The minimum absolute atomic E-state index is 0.0000926. The van der Waals surface area contributed by atoms with Gasteiger partial charge in [0.2, 0.25) is 0 Å². The SMILES string of the molecule is CC(C(=O)O)C(C)(F)c1ccccc1O. The van der Waals surface area contributed by atoms with Gasteiger partial charge in [-0.1, -0.05) is 18.2 Å². The molecular formula is C11H13FO3. The number of carbonyl (C=O) groups is 1. The molecule has 1 aromatic carbocycles. The highest BCUT2D eigenvalue weighted by Gasteiger charge is 2.39. The molecule has 0 fully saturated rings. The van der Waals surface area contributed by atoms with Crippen molar-refractivity contribution in [1.82, 2.24) is 0 Å². The topological polar surface area (TPSA) is 57.5 Å². The molecule has 1 aromatic rings. The van der Waals surface area contributed by atoms with Crippen LogP contribution in [0.3, 0.4) is 0 Å². The molecule has 0 bridgehead atoms. The summed E-state index contributed by atoms with van der Waals surface area (Å²) in [6, 6.07) is 5.83. The number of carboxylic acids is 1. The molecule has 0 aliphatic rings. The quantitative estimate of drug-likeness (QED) is 0.808. The van der Waals surface area contributed by atoms with Crippen LogP contribution in [0.25, 0.3) is 0 Å². The number of hydrogen-bond donors (Lipinski definition) is 2. The Morgan fingerprint density at radius 3 is 2.47 bits per heavy atom. The number of carboxylic acid groups (broad SMARTS) is 1. The summed E-state index contributed by atoms with van der Waals surface area (Å²) in [5.41, 5.74) is -2.09. The Labute approximate surface area is 87.2 Å². The number of aliphatic carboxylic acids is 1. The zero-order chi connectivity index (χ0) is 11.6. The number of alkyl halides is 1. The van der Waals surface area contributed by atoms with Crippen LogP contribution in [-0.4, -0.2) is 16.2 Å². The van der Waals surface area contributed by atoms with E-state index in [1.807, 2.05) is 0 Å². The van der Waals surface area contributed by atoms with E-state index in [2.05, 4.69) is 0 Å². The van der Waals surface area contributed by atoms with E-state index < -0.39 is 17.6 Å². The van der Waals surface area contributed by atoms with E-state index in [9.17, 15) is 14.3 Å². The summed E-state index contributed by atoms with van der Waals surface area (Å²) in [4.78, 5) is 10.7. The van der Waals surface area contributed by atoms with E-state index in [0.717, 1.165) is 6.92 Å². The molecule has 3 nitrogen and oxygen atoms in total. The lowest BCUT2D eigenvalue weighted by Crippen LogP contribution is -2.31. The van der Waals surface area contributed by atoms with Crippen molar-refractivity contribution >= 4 is 5.97 Å².